The Hall–Kier alpha value is -3.16. The summed E-state index contributed by atoms with van der Waals surface area (Å²) in [4.78, 5) is 28.7. The minimum atomic E-state index is -0.785. The van der Waals surface area contributed by atoms with Gasteiger partial charge in [-0.2, -0.15) is 0 Å². The molecule has 0 bridgehead atoms. The highest BCUT2D eigenvalue weighted by Gasteiger charge is 2.31. The van der Waals surface area contributed by atoms with Crippen molar-refractivity contribution in [3.63, 3.8) is 0 Å². The SMILES string of the molecule is O=C(Nc1cccc(C2CNCCC2C(=O)O)c1)c1cncn1Cc1ccc(Cl)cc1. The number of carboxylic acids is 1. The molecule has 1 aromatic heterocycles. The van der Waals surface area contributed by atoms with E-state index in [1.54, 1.807) is 17.0 Å². The van der Waals surface area contributed by atoms with Crippen LogP contribution in [0.1, 0.15) is 34.0 Å². The number of aliphatic carboxylic acids is 1. The van der Waals surface area contributed by atoms with Crippen molar-refractivity contribution >= 4 is 29.2 Å². The number of carboxylic acid groups (broad SMARTS) is 1. The quantitative estimate of drug-likeness (QED) is 0.546. The molecule has 4 rings (SSSR count). The highest BCUT2D eigenvalue weighted by Crippen LogP contribution is 2.31. The summed E-state index contributed by atoms with van der Waals surface area (Å²) in [6, 6.07) is 14.8. The molecule has 0 radical (unpaired) electrons. The summed E-state index contributed by atoms with van der Waals surface area (Å²) in [5.41, 5.74) is 2.95. The topological polar surface area (TPSA) is 96.2 Å². The van der Waals surface area contributed by atoms with E-state index in [2.05, 4.69) is 15.6 Å². The lowest BCUT2D eigenvalue weighted by atomic mass is 9.81. The zero-order chi connectivity index (χ0) is 21.8. The molecule has 0 spiro atoms. The van der Waals surface area contributed by atoms with E-state index >= 15 is 0 Å². The zero-order valence-corrected chi connectivity index (χ0v) is 17.5. The normalized spacial score (nSPS) is 18.5. The van der Waals surface area contributed by atoms with Crippen LogP contribution in [-0.4, -0.2) is 39.6 Å². The van der Waals surface area contributed by atoms with Crippen molar-refractivity contribution in [2.24, 2.45) is 5.92 Å². The lowest BCUT2D eigenvalue weighted by Crippen LogP contribution is -2.38. The summed E-state index contributed by atoms with van der Waals surface area (Å²) >= 11 is 5.94. The summed E-state index contributed by atoms with van der Waals surface area (Å²) < 4.78 is 1.77. The second-order valence-corrected chi connectivity index (χ2v) is 8.09. The van der Waals surface area contributed by atoms with E-state index in [1.807, 2.05) is 42.5 Å². The van der Waals surface area contributed by atoms with Crippen LogP contribution in [0.3, 0.4) is 0 Å². The molecule has 2 heterocycles. The zero-order valence-electron chi connectivity index (χ0n) is 16.8. The molecule has 1 saturated heterocycles. The van der Waals surface area contributed by atoms with Crippen molar-refractivity contribution in [1.82, 2.24) is 14.9 Å². The van der Waals surface area contributed by atoms with E-state index in [0.29, 0.717) is 42.5 Å². The van der Waals surface area contributed by atoms with Crippen LogP contribution in [0, 0.1) is 5.92 Å². The van der Waals surface area contributed by atoms with Crippen molar-refractivity contribution in [3.05, 3.63) is 82.9 Å². The summed E-state index contributed by atoms with van der Waals surface area (Å²) in [5, 5.41) is 16.4. The molecule has 2 unspecified atom stereocenters. The first kappa shape index (κ1) is 21.1. The smallest absolute Gasteiger partial charge is 0.307 e. The number of imidazole rings is 1. The summed E-state index contributed by atoms with van der Waals surface area (Å²) in [7, 11) is 0. The largest absolute Gasteiger partial charge is 0.481 e. The van der Waals surface area contributed by atoms with Crippen molar-refractivity contribution in [1.29, 1.82) is 0 Å². The summed E-state index contributed by atoms with van der Waals surface area (Å²) in [5.74, 6) is -1.64. The van der Waals surface area contributed by atoms with Crippen LogP contribution < -0.4 is 10.6 Å². The molecule has 1 aliphatic heterocycles. The molecule has 2 aromatic carbocycles. The molecule has 3 N–H and O–H groups in total. The Kier molecular flexibility index (Phi) is 6.34. The van der Waals surface area contributed by atoms with Gasteiger partial charge in [-0.15, -0.1) is 0 Å². The van der Waals surface area contributed by atoms with Gasteiger partial charge < -0.3 is 20.3 Å². The molecule has 3 aromatic rings. The molecule has 1 fully saturated rings. The molecule has 7 nitrogen and oxygen atoms in total. The predicted octanol–water partition coefficient (Wildman–Crippen LogP) is 3.61. The predicted molar refractivity (Wildman–Crippen MR) is 119 cm³/mol. The Morgan fingerprint density at radius 1 is 1.23 bits per heavy atom. The summed E-state index contributed by atoms with van der Waals surface area (Å²) in [6.45, 7) is 1.79. The van der Waals surface area contributed by atoms with E-state index < -0.39 is 11.9 Å². The minimum absolute atomic E-state index is 0.140. The molecular formula is C23H23ClN4O3. The molecule has 1 amide bonds. The second-order valence-electron chi connectivity index (χ2n) is 7.66. The maximum Gasteiger partial charge on any atom is 0.307 e. The van der Waals surface area contributed by atoms with Gasteiger partial charge in [0.05, 0.1) is 18.4 Å². The molecule has 2 atom stereocenters. The number of anilines is 1. The van der Waals surface area contributed by atoms with Crippen LogP contribution >= 0.6 is 11.6 Å². The number of nitrogens with one attached hydrogen (secondary N) is 2. The van der Waals surface area contributed by atoms with Crippen LogP contribution in [0.5, 0.6) is 0 Å². The third-order valence-corrected chi connectivity index (χ3v) is 5.84. The fourth-order valence-corrected chi connectivity index (χ4v) is 4.09. The average molecular weight is 439 g/mol. The van der Waals surface area contributed by atoms with E-state index in [0.717, 1.165) is 11.1 Å². The van der Waals surface area contributed by atoms with Gasteiger partial charge in [0.2, 0.25) is 0 Å². The number of piperidine rings is 1. The van der Waals surface area contributed by atoms with Crippen molar-refractivity contribution in [2.45, 2.75) is 18.9 Å². The minimum Gasteiger partial charge on any atom is -0.481 e. The average Bonchev–Trinajstić information content (AvgIpc) is 3.24. The highest BCUT2D eigenvalue weighted by molar-refractivity contribution is 6.30. The number of carbonyl (C=O) groups is 2. The van der Waals surface area contributed by atoms with Gasteiger partial charge in [0.1, 0.15) is 5.69 Å². The molecule has 8 heteroatoms. The maximum absolute atomic E-state index is 12.9. The van der Waals surface area contributed by atoms with Gasteiger partial charge in [0, 0.05) is 29.7 Å². The van der Waals surface area contributed by atoms with E-state index in [4.69, 9.17) is 11.6 Å². The van der Waals surface area contributed by atoms with Crippen LogP contribution in [0.2, 0.25) is 5.02 Å². The number of hydrogen-bond donors (Lipinski definition) is 3. The van der Waals surface area contributed by atoms with E-state index in [-0.39, 0.29) is 11.8 Å². The fraction of sp³-hybridized carbons (Fsp3) is 0.261. The molecule has 160 valence electrons. The van der Waals surface area contributed by atoms with Gasteiger partial charge >= 0.3 is 5.97 Å². The molecule has 31 heavy (non-hydrogen) atoms. The van der Waals surface area contributed by atoms with Gasteiger partial charge in [-0.1, -0.05) is 35.9 Å². The third kappa shape index (κ3) is 4.95. The monoisotopic (exact) mass is 438 g/mol. The van der Waals surface area contributed by atoms with Gasteiger partial charge in [0.15, 0.2) is 0 Å². The number of amides is 1. The number of hydrogen-bond acceptors (Lipinski definition) is 4. The van der Waals surface area contributed by atoms with Crippen LogP contribution in [-0.2, 0) is 11.3 Å². The molecule has 1 aliphatic rings. The van der Waals surface area contributed by atoms with Crippen LogP contribution in [0.4, 0.5) is 5.69 Å². The maximum atomic E-state index is 12.9. The van der Waals surface area contributed by atoms with E-state index in [9.17, 15) is 14.7 Å². The number of nitrogens with zero attached hydrogens (tertiary/aromatic N) is 2. The number of halogens is 1. The Morgan fingerprint density at radius 3 is 2.81 bits per heavy atom. The van der Waals surface area contributed by atoms with E-state index in [1.165, 1.54) is 6.20 Å². The lowest BCUT2D eigenvalue weighted by molar-refractivity contribution is -0.143. The first-order chi connectivity index (χ1) is 15.0. The molecule has 0 aliphatic carbocycles. The number of aromatic nitrogens is 2. The number of rotatable bonds is 6. The van der Waals surface area contributed by atoms with Gasteiger partial charge in [-0.05, 0) is 48.4 Å². The van der Waals surface area contributed by atoms with Crippen LogP contribution in [0.25, 0.3) is 0 Å². The number of benzene rings is 2. The number of carbonyl (C=O) groups excluding carboxylic acids is 1. The van der Waals surface area contributed by atoms with Crippen molar-refractivity contribution < 1.29 is 14.7 Å². The Labute approximate surface area is 185 Å². The fourth-order valence-electron chi connectivity index (χ4n) is 3.97. The van der Waals surface area contributed by atoms with Gasteiger partial charge in [-0.25, -0.2) is 4.98 Å². The lowest BCUT2D eigenvalue weighted by Gasteiger charge is -2.29. The van der Waals surface area contributed by atoms with Gasteiger partial charge in [-0.3, -0.25) is 9.59 Å². The molecular weight excluding hydrogens is 416 g/mol. The summed E-state index contributed by atoms with van der Waals surface area (Å²) in [6.07, 6.45) is 3.73. The Morgan fingerprint density at radius 2 is 2.03 bits per heavy atom. The third-order valence-electron chi connectivity index (χ3n) is 5.58. The van der Waals surface area contributed by atoms with Gasteiger partial charge in [0.25, 0.3) is 5.91 Å². The first-order valence-corrected chi connectivity index (χ1v) is 10.5. The first-order valence-electron chi connectivity index (χ1n) is 10.1. The van der Waals surface area contributed by atoms with Crippen molar-refractivity contribution in [3.8, 4) is 0 Å². The second kappa shape index (κ2) is 9.32. The molecule has 0 saturated carbocycles. The Balaban J connectivity index is 1.50. The van der Waals surface area contributed by atoms with Crippen molar-refractivity contribution in [2.75, 3.05) is 18.4 Å². The standard InChI is InChI=1S/C23H23ClN4O3/c24-17-6-4-15(5-7-17)13-28-14-26-12-21(28)22(29)27-18-3-1-2-16(10-18)20-11-25-9-8-19(20)23(30)31/h1-7,10,12,14,19-20,25H,8-9,11,13H2,(H,27,29)(H,30,31). The van der Waals surface area contributed by atoms with Crippen LogP contribution in [0.15, 0.2) is 61.1 Å². The highest BCUT2D eigenvalue weighted by atomic mass is 35.5. The Bertz CT molecular complexity index is 1080.